The number of hydrogen-bond acceptors (Lipinski definition) is 5. The van der Waals surface area contributed by atoms with Crippen molar-refractivity contribution in [1.82, 2.24) is 29.9 Å². The molecule has 1 saturated heterocycles. The molecule has 0 unspecified atom stereocenters. The van der Waals surface area contributed by atoms with Gasteiger partial charge in [0.15, 0.2) is 5.82 Å². The van der Waals surface area contributed by atoms with Crippen LogP contribution in [0.4, 0.5) is 4.79 Å². The number of benzene rings is 1. The highest BCUT2D eigenvalue weighted by Gasteiger charge is 2.30. The van der Waals surface area contributed by atoms with Gasteiger partial charge in [-0.1, -0.05) is 0 Å². The Labute approximate surface area is 177 Å². The maximum Gasteiger partial charge on any atom is 0.410 e. The molecule has 0 radical (unpaired) electrons. The Morgan fingerprint density at radius 1 is 1.34 bits per heavy atom. The number of likely N-dealkylation sites (tertiary alicyclic amines) is 1. The molecule has 1 fully saturated rings. The molecular formula is C20H25BrN6O2. The number of nitrogens with zero attached hydrogens (tertiary/aromatic N) is 5. The second-order valence-electron chi connectivity index (χ2n) is 8.46. The van der Waals surface area contributed by atoms with Crippen molar-refractivity contribution >= 4 is 32.9 Å². The molecule has 1 aliphatic rings. The first kappa shape index (κ1) is 19.9. The lowest BCUT2D eigenvalue weighted by atomic mass is 9.98. The lowest BCUT2D eigenvalue weighted by Gasteiger charge is -2.33. The van der Waals surface area contributed by atoms with Crippen LogP contribution < -0.4 is 0 Å². The van der Waals surface area contributed by atoms with Gasteiger partial charge in [-0.3, -0.25) is 9.78 Å². The molecule has 1 atom stereocenters. The third-order valence-corrected chi connectivity index (χ3v) is 5.61. The highest BCUT2D eigenvalue weighted by atomic mass is 79.9. The van der Waals surface area contributed by atoms with Gasteiger partial charge in [0.1, 0.15) is 16.0 Å². The number of aromatic nitrogens is 5. The first-order valence-corrected chi connectivity index (χ1v) is 10.5. The predicted molar refractivity (Wildman–Crippen MR) is 114 cm³/mol. The highest BCUT2D eigenvalue weighted by Crippen LogP contribution is 2.30. The molecule has 8 nitrogen and oxygen atoms in total. The zero-order valence-corrected chi connectivity index (χ0v) is 18.7. The van der Waals surface area contributed by atoms with Crippen molar-refractivity contribution in [2.75, 3.05) is 13.1 Å². The van der Waals surface area contributed by atoms with Crippen LogP contribution in [0.15, 0.2) is 22.8 Å². The van der Waals surface area contributed by atoms with Crippen molar-refractivity contribution in [3.05, 3.63) is 28.6 Å². The fraction of sp³-hybridized carbons (Fsp3) is 0.500. The van der Waals surface area contributed by atoms with E-state index in [0.29, 0.717) is 18.9 Å². The zero-order chi connectivity index (χ0) is 20.8. The Morgan fingerprint density at radius 3 is 2.90 bits per heavy atom. The molecule has 0 saturated carbocycles. The number of aromatic amines is 1. The number of ether oxygens (including phenoxy) is 1. The van der Waals surface area contributed by atoms with Gasteiger partial charge in [-0.05, 0) is 67.7 Å². The average molecular weight is 461 g/mol. The van der Waals surface area contributed by atoms with Crippen molar-refractivity contribution in [3.63, 3.8) is 0 Å². The van der Waals surface area contributed by atoms with Crippen LogP contribution in [0.3, 0.4) is 0 Å². The SMILES string of the molecule is Cn1nc(Br)c2cc(-c3n[nH]c([C@@H]4CCCN(C(=O)OC(C)(C)C)C4)n3)ccc21. The first-order chi connectivity index (χ1) is 13.7. The second-order valence-corrected chi connectivity index (χ2v) is 9.21. The van der Waals surface area contributed by atoms with Crippen LogP contribution in [0.5, 0.6) is 0 Å². The molecule has 3 aromatic rings. The van der Waals surface area contributed by atoms with Gasteiger partial charge in [0.25, 0.3) is 0 Å². The maximum atomic E-state index is 12.4. The Kier molecular flexibility index (Phi) is 5.10. The van der Waals surface area contributed by atoms with Gasteiger partial charge in [0, 0.05) is 37.0 Å². The highest BCUT2D eigenvalue weighted by molar-refractivity contribution is 9.10. The van der Waals surface area contributed by atoms with E-state index in [2.05, 4.69) is 31.2 Å². The summed E-state index contributed by atoms with van der Waals surface area (Å²) in [4.78, 5) is 18.9. The van der Waals surface area contributed by atoms with Crippen LogP contribution >= 0.6 is 15.9 Å². The van der Waals surface area contributed by atoms with Crippen molar-refractivity contribution in [2.24, 2.45) is 7.05 Å². The van der Waals surface area contributed by atoms with E-state index in [0.717, 1.165) is 39.7 Å². The Morgan fingerprint density at radius 2 is 2.14 bits per heavy atom. The van der Waals surface area contributed by atoms with Gasteiger partial charge in [-0.25, -0.2) is 9.78 Å². The topological polar surface area (TPSA) is 88.9 Å². The zero-order valence-electron chi connectivity index (χ0n) is 17.1. The molecule has 154 valence electrons. The minimum absolute atomic E-state index is 0.117. The summed E-state index contributed by atoms with van der Waals surface area (Å²) in [6, 6.07) is 6.05. The van der Waals surface area contributed by atoms with E-state index in [1.807, 2.05) is 50.7 Å². The largest absolute Gasteiger partial charge is 0.444 e. The molecule has 1 N–H and O–H groups in total. The van der Waals surface area contributed by atoms with Gasteiger partial charge in [0.2, 0.25) is 0 Å². The fourth-order valence-corrected chi connectivity index (χ4v) is 4.20. The quantitative estimate of drug-likeness (QED) is 0.617. The number of rotatable bonds is 2. The van der Waals surface area contributed by atoms with Crippen LogP contribution in [0, 0.1) is 0 Å². The summed E-state index contributed by atoms with van der Waals surface area (Å²) in [6.07, 6.45) is 1.60. The molecule has 1 aliphatic heterocycles. The molecule has 0 aliphatic carbocycles. The predicted octanol–water partition coefficient (Wildman–Crippen LogP) is 4.24. The number of H-pyrrole nitrogens is 1. The molecule has 4 rings (SSSR count). The van der Waals surface area contributed by atoms with E-state index in [9.17, 15) is 4.79 Å². The lowest BCUT2D eigenvalue weighted by molar-refractivity contribution is 0.0196. The molecule has 9 heteroatoms. The summed E-state index contributed by atoms with van der Waals surface area (Å²) in [5.41, 5.74) is 1.47. The number of piperidine rings is 1. The lowest BCUT2D eigenvalue weighted by Crippen LogP contribution is -2.42. The van der Waals surface area contributed by atoms with Crippen molar-refractivity contribution in [2.45, 2.75) is 45.1 Å². The van der Waals surface area contributed by atoms with E-state index in [1.165, 1.54) is 0 Å². The standard InChI is InChI=1S/C20H25BrN6O2/c1-20(2,3)29-19(28)27-9-5-6-13(11-27)18-22-17(23-24-18)12-7-8-15-14(10-12)16(21)25-26(15)4/h7-8,10,13H,5-6,9,11H2,1-4H3,(H,22,23,24)/t13-/m1/s1. The van der Waals surface area contributed by atoms with Crippen LogP contribution in [-0.2, 0) is 11.8 Å². The molecule has 2 aromatic heterocycles. The molecule has 3 heterocycles. The number of hydrogen-bond donors (Lipinski definition) is 1. The number of halogens is 1. The number of aryl methyl sites for hydroxylation is 1. The summed E-state index contributed by atoms with van der Waals surface area (Å²) < 4.78 is 8.15. The summed E-state index contributed by atoms with van der Waals surface area (Å²) in [5.74, 6) is 1.57. The number of carbonyl (C=O) groups is 1. The maximum absolute atomic E-state index is 12.4. The summed E-state index contributed by atoms with van der Waals surface area (Å²) in [7, 11) is 1.91. The van der Waals surface area contributed by atoms with E-state index in [4.69, 9.17) is 9.72 Å². The molecule has 0 spiro atoms. The molecule has 1 aromatic carbocycles. The third kappa shape index (κ3) is 4.14. The van der Waals surface area contributed by atoms with Crippen LogP contribution in [0.1, 0.15) is 45.4 Å². The number of nitrogens with one attached hydrogen (secondary N) is 1. The second kappa shape index (κ2) is 7.44. The number of fused-ring (bicyclic) bond motifs is 1. The van der Waals surface area contributed by atoms with Crippen molar-refractivity contribution in [3.8, 4) is 11.4 Å². The van der Waals surface area contributed by atoms with Crippen LogP contribution in [0.2, 0.25) is 0 Å². The van der Waals surface area contributed by atoms with E-state index in [1.54, 1.807) is 4.90 Å². The Balaban J connectivity index is 1.53. The average Bonchev–Trinajstić information content (AvgIpc) is 3.26. The monoisotopic (exact) mass is 460 g/mol. The van der Waals surface area contributed by atoms with Crippen molar-refractivity contribution < 1.29 is 9.53 Å². The van der Waals surface area contributed by atoms with Gasteiger partial charge in [-0.2, -0.15) is 10.2 Å². The molecule has 29 heavy (non-hydrogen) atoms. The van der Waals surface area contributed by atoms with Crippen molar-refractivity contribution in [1.29, 1.82) is 0 Å². The minimum Gasteiger partial charge on any atom is -0.444 e. The van der Waals surface area contributed by atoms with E-state index >= 15 is 0 Å². The fourth-order valence-electron chi connectivity index (χ4n) is 3.64. The summed E-state index contributed by atoms with van der Waals surface area (Å²) in [5, 5.41) is 12.9. The molecule has 1 amide bonds. The smallest absolute Gasteiger partial charge is 0.410 e. The van der Waals surface area contributed by atoms with Gasteiger partial charge < -0.3 is 9.64 Å². The van der Waals surface area contributed by atoms with E-state index in [-0.39, 0.29) is 12.0 Å². The van der Waals surface area contributed by atoms with Crippen LogP contribution in [0.25, 0.3) is 22.3 Å². The molecule has 0 bridgehead atoms. The number of carbonyl (C=O) groups excluding carboxylic acids is 1. The summed E-state index contributed by atoms with van der Waals surface area (Å²) in [6.45, 7) is 6.93. The molecular weight excluding hydrogens is 436 g/mol. The Hall–Kier alpha value is -2.42. The van der Waals surface area contributed by atoms with Gasteiger partial charge >= 0.3 is 6.09 Å². The minimum atomic E-state index is -0.497. The first-order valence-electron chi connectivity index (χ1n) is 9.74. The normalized spacial score (nSPS) is 17.7. The third-order valence-electron chi connectivity index (χ3n) is 5.03. The Bertz CT molecular complexity index is 1050. The number of amides is 1. The van der Waals surface area contributed by atoms with Gasteiger partial charge in [-0.15, -0.1) is 0 Å². The summed E-state index contributed by atoms with van der Waals surface area (Å²) >= 11 is 3.50. The van der Waals surface area contributed by atoms with Gasteiger partial charge in [0.05, 0.1) is 5.52 Å². The van der Waals surface area contributed by atoms with E-state index < -0.39 is 5.60 Å². The van der Waals surface area contributed by atoms with Crippen LogP contribution in [-0.4, -0.2) is 54.6 Å².